The minimum atomic E-state index is -0.949. The van der Waals surface area contributed by atoms with Crippen LogP contribution in [0.25, 0.3) is 0 Å². The summed E-state index contributed by atoms with van der Waals surface area (Å²) < 4.78 is 0. The van der Waals surface area contributed by atoms with Crippen LogP contribution in [0.3, 0.4) is 0 Å². The van der Waals surface area contributed by atoms with Crippen LogP contribution < -0.4 is 11.1 Å². The van der Waals surface area contributed by atoms with Gasteiger partial charge in [0.1, 0.15) is 0 Å². The van der Waals surface area contributed by atoms with Gasteiger partial charge < -0.3 is 21.1 Å². The third kappa shape index (κ3) is 3.22. The molecule has 2 rings (SSSR count). The third-order valence-electron chi connectivity index (χ3n) is 3.94. The maximum absolute atomic E-state index is 11.2. The van der Waals surface area contributed by atoms with Gasteiger partial charge in [0, 0.05) is 19.1 Å². The molecule has 5 heteroatoms. The van der Waals surface area contributed by atoms with Gasteiger partial charge in [-0.2, -0.15) is 0 Å². The molecule has 0 radical (unpaired) electrons. The molecule has 1 aliphatic heterocycles. The standard InChI is InChI=1S/C15H23N3O2/c1-10(2)18-7-6-11(9-18)8-17-14-12(15(19)20)4-3-5-13(14)16/h3-5,10-11,17H,6-9,16H2,1-2H3,(H,19,20). The summed E-state index contributed by atoms with van der Waals surface area (Å²) in [6.45, 7) is 7.33. The SMILES string of the molecule is CC(C)N1CCC(CNc2c(N)cccc2C(=O)O)C1. The van der Waals surface area contributed by atoms with Crippen LogP contribution in [0.15, 0.2) is 18.2 Å². The van der Waals surface area contributed by atoms with Crippen LogP contribution in [0.4, 0.5) is 11.4 Å². The van der Waals surface area contributed by atoms with Crippen molar-refractivity contribution in [2.24, 2.45) is 5.92 Å². The summed E-state index contributed by atoms with van der Waals surface area (Å²) >= 11 is 0. The molecular weight excluding hydrogens is 254 g/mol. The Morgan fingerprint density at radius 2 is 2.30 bits per heavy atom. The van der Waals surface area contributed by atoms with Gasteiger partial charge in [0.25, 0.3) is 0 Å². The molecule has 1 heterocycles. The van der Waals surface area contributed by atoms with E-state index in [1.807, 2.05) is 0 Å². The number of nitrogens with one attached hydrogen (secondary N) is 1. The number of nitrogens with zero attached hydrogens (tertiary/aromatic N) is 1. The summed E-state index contributed by atoms with van der Waals surface area (Å²) in [5, 5.41) is 12.4. The molecule has 5 nitrogen and oxygen atoms in total. The van der Waals surface area contributed by atoms with Crippen molar-refractivity contribution in [1.82, 2.24) is 4.90 Å². The zero-order valence-corrected chi connectivity index (χ0v) is 12.1. The lowest BCUT2D eigenvalue weighted by molar-refractivity contribution is 0.0698. The van der Waals surface area contributed by atoms with Crippen molar-refractivity contribution in [2.75, 3.05) is 30.7 Å². The Bertz CT molecular complexity index is 488. The highest BCUT2D eigenvalue weighted by atomic mass is 16.4. The van der Waals surface area contributed by atoms with Crippen molar-refractivity contribution in [1.29, 1.82) is 0 Å². The molecule has 0 saturated carbocycles. The number of carboxylic acids is 1. The molecule has 4 N–H and O–H groups in total. The first-order chi connectivity index (χ1) is 9.49. The molecule has 1 aromatic carbocycles. The summed E-state index contributed by atoms with van der Waals surface area (Å²) in [5.41, 5.74) is 7.16. The van der Waals surface area contributed by atoms with Crippen molar-refractivity contribution in [3.8, 4) is 0 Å². The number of rotatable bonds is 5. The van der Waals surface area contributed by atoms with Crippen LogP contribution in [0.5, 0.6) is 0 Å². The molecule has 110 valence electrons. The molecule has 0 bridgehead atoms. The molecule has 1 unspecified atom stereocenters. The third-order valence-corrected chi connectivity index (χ3v) is 3.94. The predicted octanol–water partition coefficient (Wildman–Crippen LogP) is 2.11. The largest absolute Gasteiger partial charge is 0.478 e. The Morgan fingerprint density at radius 3 is 2.90 bits per heavy atom. The Labute approximate surface area is 119 Å². The summed E-state index contributed by atoms with van der Waals surface area (Å²) in [6, 6.07) is 5.54. The van der Waals surface area contributed by atoms with Gasteiger partial charge in [0.05, 0.1) is 16.9 Å². The maximum Gasteiger partial charge on any atom is 0.337 e. The number of hydrogen-bond donors (Lipinski definition) is 3. The van der Waals surface area contributed by atoms with E-state index in [2.05, 4.69) is 24.1 Å². The van der Waals surface area contributed by atoms with Crippen LogP contribution in [-0.2, 0) is 0 Å². The number of carbonyl (C=O) groups is 1. The number of nitrogen functional groups attached to an aromatic ring is 1. The number of hydrogen-bond acceptors (Lipinski definition) is 4. The van der Waals surface area contributed by atoms with E-state index in [-0.39, 0.29) is 5.56 Å². The van der Waals surface area contributed by atoms with Crippen molar-refractivity contribution in [3.05, 3.63) is 23.8 Å². The van der Waals surface area contributed by atoms with Crippen LogP contribution >= 0.6 is 0 Å². The number of benzene rings is 1. The van der Waals surface area contributed by atoms with E-state index >= 15 is 0 Å². The van der Waals surface area contributed by atoms with Gasteiger partial charge in [-0.15, -0.1) is 0 Å². The first kappa shape index (κ1) is 14.7. The normalized spacial score (nSPS) is 19.4. The zero-order chi connectivity index (χ0) is 14.7. The lowest BCUT2D eigenvalue weighted by Gasteiger charge is -2.21. The van der Waals surface area contributed by atoms with Gasteiger partial charge in [0.15, 0.2) is 0 Å². The highest BCUT2D eigenvalue weighted by Crippen LogP contribution is 2.25. The molecule has 0 spiro atoms. The Hall–Kier alpha value is -1.75. The monoisotopic (exact) mass is 277 g/mol. The van der Waals surface area contributed by atoms with Gasteiger partial charge in [-0.3, -0.25) is 0 Å². The topological polar surface area (TPSA) is 78.6 Å². The fourth-order valence-corrected chi connectivity index (χ4v) is 2.69. The second-order valence-electron chi connectivity index (χ2n) is 5.70. The number of anilines is 2. The highest BCUT2D eigenvalue weighted by molar-refractivity contribution is 5.97. The van der Waals surface area contributed by atoms with Gasteiger partial charge in [0.2, 0.25) is 0 Å². The summed E-state index contributed by atoms with van der Waals surface area (Å²) in [7, 11) is 0. The van der Waals surface area contributed by atoms with Gasteiger partial charge in [-0.25, -0.2) is 4.79 Å². The number of likely N-dealkylation sites (tertiary alicyclic amines) is 1. The zero-order valence-electron chi connectivity index (χ0n) is 12.1. The molecule has 1 aliphatic rings. The average molecular weight is 277 g/mol. The van der Waals surface area contributed by atoms with Crippen molar-refractivity contribution >= 4 is 17.3 Å². The number of carboxylic acid groups (broad SMARTS) is 1. The van der Waals surface area contributed by atoms with Crippen LogP contribution in [0.2, 0.25) is 0 Å². The summed E-state index contributed by atoms with van der Waals surface area (Å²) in [6.07, 6.45) is 1.14. The average Bonchev–Trinajstić information content (AvgIpc) is 2.86. The van der Waals surface area contributed by atoms with Gasteiger partial charge in [-0.05, 0) is 44.9 Å². The predicted molar refractivity (Wildman–Crippen MR) is 81.1 cm³/mol. The van der Waals surface area contributed by atoms with Gasteiger partial charge in [-0.1, -0.05) is 6.07 Å². The number of aromatic carboxylic acids is 1. The van der Waals surface area contributed by atoms with Crippen LogP contribution in [0.1, 0.15) is 30.6 Å². The Balaban J connectivity index is 2.00. The van der Waals surface area contributed by atoms with Crippen molar-refractivity contribution in [3.63, 3.8) is 0 Å². The lowest BCUT2D eigenvalue weighted by Crippen LogP contribution is -2.29. The molecule has 1 aromatic rings. The fourth-order valence-electron chi connectivity index (χ4n) is 2.69. The van der Waals surface area contributed by atoms with E-state index in [1.54, 1.807) is 18.2 Å². The van der Waals surface area contributed by atoms with E-state index in [9.17, 15) is 9.90 Å². The van der Waals surface area contributed by atoms with E-state index in [4.69, 9.17) is 5.73 Å². The number of nitrogens with two attached hydrogens (primary N) is 1. The van der Waals surface area contributed by atoms with E-state index in [1.165, 1.54) is 0 Å². The van der Waals surface area contributed by atoms with E-state index < -0.39 is 5.97 Å². The molecule has 1 saturated heterocycles. The molecule has 0 aromatic heterocycles. The highest BCUT2D eigenvalue weighted by Gasteiger charge is 2.24. The van der Waals surface area contributed by atoms with Crippen molar-refractivity contribution < 1.29 is 9.90 Å². The van der Waals surface area contributed by atoms with E-state index in [0.29, 0.717) is 23.3 Å². The Kier molecular flexibility index (Phi) is 4.49. The second-order valence-corrected chi connectivity index (χ2v) is 5.70. The van der Waals surface area contributed by atoms with Gasteiger partial charge >= 0.3 is 5.97 Å². The summed E-state index contributed by atoms with van der Waals surface area (Å²) in [4.78, 5) is 13.7. The Morgan fingerprint density at radius 1 is 1.55 bits per heavy atom. The lowest BCUT2D eigenvalue weighted by atomic mass is 10.1. The minimum absolute atomic E-state index is 0.240. The molecule has 0 amide bonds. The molecule has 20 heavy (non-hydrogen) atoms. The number of para-hydroxylation sites is 1. The first-order valence-corrected chi connectivity index (χ1v) is 7.08. The first-order valence-electron chi connectivity index (χ1n) is 7.08. The second kappa shape index (κ2) is 6.13. The molecule has 0 aliphatic carbocycles. The molecular formula is C15H23N3O2. The smallest absolute Gasteiger partial charge is 0.337 e. The van der Waals surface area contributed by atoms with E-state index in [0.717, 1.165) is 26.1 Å². The fraction of sp³-hybridized carbons (Fsp3) is 0.533. The van der Waals surface area contributed by atoms with Crippen LogP contribution in [-0.4, -0.2) is 41.7 Å². The quantitative estimate of drug-likeness (QED) is 0.718. The maximum atomic E-state index is 11.2. The summed E-state index contributed by atoms with van der Waals surface area (Å²) in [5.74, 6) is -0.409. The molecule has 1 atom stereocenters. The van der Waals surface area contributed by atoms with Crippen LogP contribution in [0, 0.1) is 5.92 Å². The molecule has 1 fully saturated rings. The minimum Gasteiger partial charge on any atom is -0.478 e. The van der Waals surface area contributed by atoms with Crippen molar-refractivity contribution in [2.45, 2.75) is 26.3 Å².